The van der Waals surface area contributed by atoms with Crippen molar-refractivity contribution in [2.24, 2.45) is 0 Å². The van der Waals surface area contributed by atoms with E-state index < -0.39 is 25.8 Å². The molecular weight excluding hydrogens is 765 g/mol. The van der Waals surface area contributed by atoms with E-state index in [1.54, 1.807) is 6.20 Å². The summed E-state index contributed by atoms with van der Waals surface area (Å²) in [6, 6.07) is 0.350. The van der Waals surface area contributed by atoms with Crippen molar-refractivity contribution in [3.63, 3.8) is 0 Å². The van der Waals surface area contributed by atoms with Crippen molar-refractivity contribution >= 4 is 43.2 Å². The Balaban J connectivity index is 0.890. The first-order valence-electron chi connectivity index (χ1n) is 18.7. The van der Waals surface area contributed by atoms with Crippen molar-refractivity contribution in [3.05, 3.63) is 22.2 Å². The average Bonchev–Trinajstić information content (AvgIpc) is 3.86. The van der Waals surface area contributed by atoms with Gasteiger partial charge in [0.05, 0.1) is 77.6 Å². The van der Waals surface area contributed by atoms with E-state index in [2.05, 4.69) is 30.8 Å². The summed E-state index contributed by atoms with van der Waals surface area (Å²) in [6.07, 6.45) is 5.64. The van der Waals surface area contributed by atoms with Gasteiger partial charge in [0.1, 0.15) is 12.0 Å². The molecule has 0 aliphatic carbocycles. The number of carbonyl (C=O) groups excluding carboxylic acids is 3. The maximum absolute atomic E-state index is 12.4. The molecule has 8 N–H and O–H groups in total. The number of aryl methyl sites for hydroxylation is 1. The number of nitrogen functional groups attached to an aromatic ring is 1. The highest BCUT2D eigenvalue weighted by Gasteiger charge is 2.42. The quantitative estimate of drug-likeness (QED) is 0.0332. The van der Waals surface area contributed by atoms with Crippen molar-refractivity contribution < 1.29 is 56.9 Å². The number of phosphoric ester groups is 1. The number of rotatable bonds is 28. The van der Waals surface area contributed by atoms with Crippen LogP contribution in [0.1, 0.15) is 63.2 Å². The Kier molecular flexibility index (Phi) is 19.6. The summed E-state index contributed by atoms with van der Waals surface area (Å²) in [4.78, 5) is 69.8. The summed E-state index contributed by atoms with van der Waals surface area (Å²) >= 11 is 1.88. The number of amides is 4. The molecule has 1 aromatic rings. The molecule has 0 radical (unpaired) electrons. The van der Waals surface area contributed by atoms with Crippen LogP contribution in [0.4, 0.5) is 10.6 Å². The number of phosphoric acid groups is 1. The second kappa shape index (κ2) is 24.0. The number of aromatic nitrogens is 2. The molecule has 0 aromatic carbocycles. The lowest BCUT2D eigenvalue weighted by Crippen LogP contribution is -2.36. The van der Waals surface area contributed by atoms with Crippen LogP contribution in [0.15, 0.2) is 11.0 Å². The van der Waals surface area contributed by atoms with Gasteiger partial charge in [-0.15, -0.1) is 0 Å². The third kappa shape index (κ3) is 17.0. The number of nitrogens with zero attached hydrogens (tertiary/aromatic N) is 2. The van der Waals surface area contributed by atoms with Crippen molar-refractivity contribution in [1.82, 2.24) is 30.8 Å². The van der Waals surface area contributed by atoms with Crippen molar-refractivity contribution in [3.8, 4) is 0 Å². The minimum Gasteiger partial charge on any atom is -0.383 e. The lowest BCUT2D eigenvalue weighted by atomic mass is 10.0. The smallest absolute Gasteiger partial charge is 0.383 e. The van der Waals surface area contributed by atoms with Crippen LogP contribution < -0.4 is 32.7 Å². The van der Waals surface area contributed by atoms with Gasteiger partial charge in [0, 0.05) is 48.7 Å². The van der Waals surface area contributed by atoms with Gasteiger partial charge in [-0.3, -0.25) is 18.7 Å². The van der Waals surface area contributed by atoms with Crippen LogP contribution in [0.5, 0.6) is 0 Å². The van der Waals surface area contributed by atoms with Crippen LogP contribution in [-0.4, -0.2) is 139 Å². The summed E-state index contributed by atoms with van der Waals surface area (Å²) in [5.41, 5.74) is 5.97. The highest BCUT2D eigenvalue weighted by molar-refractivity contribution is 8.00. The molecule has 312 valence electrons. The normalized spacial score (nSPS) is 22.0. The highest BCUT2D eigenvalue weighted by atomic mass is 32.2. The van der Waals surface area contributed by atoms with Crippen LogP contribution in [-0.2, 0) is 48.8 Å². The van der Waals surface area contributed by atoms with E-state index in [-0.39, 0.29) is 55.4 Å². The molecule has 4 rings (SSSR count). The molecule has 0 bridgehead atoms. The molecule has 0 unspecified atom stereocenters. The minimum absolute atomic E-state index is 0.0138. The molecular formula is C33H56N7O13PS. The third-order valence-corrected chi connectivity index (χ3v) is 11.1. The number of carbonyl (C=O) groups is 3. The third-order valence-electron chi connectivity index (χ3n) is 9.07. The second-order valence-corrected chi connectivity index (χ2v) is 15.8. The topological polar surface area (TPSA) is 273 Å². The largest absolute Gasteiger partial charge is 0.469 e. The number of nitrogens with one attached hydrogen (secondary N) is 4. The zero-order valence-electron chi connectivity index (χ0n) is 31.0. The summed E-state index contributed by atoms with van der Waals surface area (Å²) < 4.78 is 44.4. The van der Waals surface area contributed by atoms with Crippen LogP contribution in [0.3, 0.4) is 0 Å². The van der Waals surface area contributed by atoms with E-state index in [1.807, 2.05) is 11.8 Å². The van der Waals surface area contributed by atoms with Gasteiger partial charge in [0.2, 0.25) is 11.8 Å². The van der Waals surface area contributed by atoms with E-state index in [0.29, 0.717) is 102 Å². The van der Waals surface area contributed by atoms with Crippen molar-refractivity contribution in [2.45, 2.75) is 87.5 Å². The van der Waals surface area contributed by atoms with Gasteiger partial charge in [-0.1, -0.05) is 6.42 Å². The fraction of sp³-hybridized carbons (Fsp3) is 0.788. The Morgan fingerprint density at radius 3 is 2.33 bits per heavy atom. The number of ether oxygens (including phenoxy) is 5. The molecule has 0 saturated carbocycles. The molecule has 3 aliphatic rings. The number of hydrogen-bond donors (Lipinski definition) is 7. The first-order valence-corrected chi connectivity index (χ1v) is 21.3. The lowest BCUT2D eigenvalue weighted by Gasteiger charge is -2.17. The fourth-order valence-corrected chi connectivity index (χ4v) is 8.17. The van der Waals surface area contributed by atoms with Crippen LogP contribution in [0, 0.1) is 0 Å². The van der Waals surface area contributed by atoms with Crippen LogP contribution >= 0.6 is 19.6 Å². The molecule has 3 fully saturated rings. The predicted octanol–water partition coefficient (Wildman–Crippen LogP) is -0.0403. The Bertz CT molecular complexity index is 1470. The molecule has 1 aromatic heterocycles. The average molecular weight is 822 g/mol. The Morgan fingerprint density at radius 2 is 1.60 bits per heavy atom. The van der Waals surface area contributed by atoms with Crippen LogP contribution in [0.2, 0.25) is 0 Å². The highest BCUT2D eigenvalue weighted by Crippen LogP contribution is 2.38. The Morgan fingerprint density at radius 1 is 0.927 bits per heavy atom. The van der Waals surface area contributed by atoms with Gasteiger partial charge in [-0.05, 0) is 38.5 Å². The maximum Gasteiger partial charge on any atom is 0.469 e. The Labute approximate surface area is 324 Å². The van der Waals surface area contributed by atoms with Gasteiger partial charge in [-0.2, -0.15) is 16.7 Å². The molecule has 4 heterocycles. The summed E-state index contributed by atoms with van der Waals surface area (Å²) in [6.45, 7) is 3.51. The molecule has 4 amide bonds. The molecule has 3 aliphatic heterocycles. The van der Waals surface area contributed by atoms with Crippen molar-refractivity contribution in [1.29, 1.82) is 0 Å². The minimum atomic E-state index is -4.62. The standard InChI is InChI=1S/C33H56N7O13PS/c34-31-23(20-40(33(44)39-31)29-8-7-24(53-29)21-52-54(45,46)47)4-3-10-35-28(42)9-12-48-14-16-50-18-19-51-17-15-49-13-11-36-27(41)6-2-1-5-26-30-25(22-55-26)37-32(43)38-30/h20,24-26,29-30H,1-19,21-22H2,(H,35,42)(H,36,41)(H2,34,39,44)(H2,37,38,43)(H2,45,46,47)/t24-,25-,26-,29+,30-/m0/s1. The van der Waals surface area contributed by atoms with Crippen molar-refractivity contribution in [2.75, 3.05) is 84.0 Å². The molecule has 3 saturated heterocycles. The summed E-state index contributed by atoms with van der Waals surface area (Å²) in [5.74, 6) is 0.881. The van der Waals surface area contributed by atoms with E-state index in [1.165, 1.54) is 4.57 Å². The zero-order chi connectivity index (χ0) is 39.5. The van der Waals surface area contributed by atoms with Crippen LogP contribution in [0.25, 0.3) is 0 Å². The zero-order valence-corrected chi connectivity index (χ0v) is 32.7. The van der Waals surface area contributed by atoms with Gasteiger partial charge in [0.15, 0.2) is 0 Å². The van der Waals surface area contributed by atoms with Gasteiger partial charge < -0.3 is 60.5 Å². The lowest BCUT2D eigenvalue weighted by molar-refractivity contribution is -0.122. The number of unbranched alkanes of at least 4 members (excludes halogenated alkanes) is 1. The summed E-state index contributed by atoms with van der Waals surface area (Å²) in [5, 5.41) is 12.0. The van der Waals surface area contributed by atoms with Gasteiger partial charge >= 0.3 is 19.5 Å². The number of thioether (sulfide) groups is 1. The monoisotopic (exact) mass is 821 g/mol. The number of anilines is 1. The van der Waals surface area contributed by atoms with Gasteiger partial charge in [0.25, 0.3) is 0 Å². The number of nitrogens with two attached hydrogens (primary N) is 1. The fourth-order valence-electron chi connectivity index (χ4n) is 6.26. The number of fused-ring (bicyclic) bond motifs is 1. The number of hydrogen-bond acceptors (Lipinski definition) is 14. The number of urea groups is 1. The molecule has 0 spiro atoms. The first-order chi connectivity index (χ1) is 26.5. The SMILES string of the molecule is Nc1nc(=O)n([C@H]2CC[C@@H](COP(=O)(O)O)O2)cc1CCCNC(=O)CCOCCOCCOCCOCCNC(=O)CCCC[C@@H]1SC[C@@H]2NC(=O)N[C@@H]21. The second-order valence-electron chi connectivity index (χ2n) is 13.3. The molecule has 55 heavy (non-hydrogen) atoms. The van der Waals surface area contributed by atoms with E-state index in [4.69, 9.17) is 39.2 Å². The van der Waals surface area contributed by atoms with E-state index in [0.717, 1.165) is 25.0 Å². The van der Waals surface area contributed by atoms with E-state index in [9.17, 15) is 23.7 Å². The molecule has 22 heteroatoms. The maximum atomic E-state index is 12.4. The predicted molar refractivity (Wildman–Crippen MR) is 200 cm³/mol. The van der Waals surface area contributed by atoms with Gasteiger partial charge in [-0.25, -0.2) is 14.2 Å². The molecule has 5 atom stereocenters. The first kappa shape index (κ1) is 44.9. The molecule has 20 nitrogen and oxygen atoms in total. The summed E-state index contributed by atoms with van der Waals surface area (Å²) in [7, 11) is -4.62. The Hall–Kier alpha value is -2.85. The van der Waals surface area contributed by atoms with E-state index >= 15 is 0 Å².